The van der Waals surface area contributed by atoms with Crippen LogP contribution in [0.1, 0.15) is 48.0 Å². The average molecular weight is 379 g/mol. The number of hydrogen-bond donors (Lipinski definition) is 3. The standard InChI is InChI=1S/C20H21N5O3/c26-17(4-1-11-21-20(27)16-3-2-12-28-16)22-15-9-7-14(8-10-15)19-23-18(24-25-19)13-5-6-13/h2-3,7-10,12-13H,1,4-6,11H2,(H,21,27)(H,22,26)(H,23,24,25). The third-order valence-corrected chi connectivity index (χ3v) is 4.50. The van der Waals surface area contributed by atoms with E-state index in [1.807, 2.05) is 24.3 Å². The first-order valence-corrected chi connectivity index (χ1v) is 9.33. The Hall–Kier alpha value is -3.42. The molecule has 144 valence electrons. The molecule has 0 atom stereocenters. The molecule has 3 aromatic rings. The van der Waals surface area contributed by atoms with Gasteiger partial charge >= 0.3 is 0 Å². The molecule has 1 saturated carbocycles. The quantitative estimate of drug-likeness (QED) is 0.521. The Morgan fingerprint density at radius 3 is 2.71 bits per heavy atom. The van der Waals surface area contributed by atoms with E-state index in [0.717, 1.165) is 11.4 Å². The van der Waals surface area contributed by atoms with Crippen LogP contribution in [0.3, 0.4) is 0 Å². The van der Waals surface area contributed by atoms with E-state index in [2.05, 4.69) is 25.8 Å². The van der Waals surface area contributed by atoms with Crippen LogP contribution in [-0.4, -0.2) is 33.5 Å². The second kappa shape index (κ2) is 8.08. The van der Waals surface area contributed by atoms with Crippen molar-refractivity contribution in [3.05, 3.63) is 54.2 Å². The topological polar surface area (TPSA) is 113 Å². The molecule has 3 N–H and O–H groups in total. The number of carbonyl (C=O) groups is 2. The van der Waals surface area contributed by atoms with Gasteiger partial charge in [-0.05, 0) is 55.7 Å². The minimum absolute atomic E-state index is 0.103. The van der Waals surface area contributed by atoms with Gasteiger partial charge in [0.15, 0.2) is 11.6 Å². The molecular formula is C20H21N5O3. The summed E-state index contributed by atoms with van der Waals surface area (Å²) in [5.41, 5.74) is 1.62. The number of nitrogens with zero attached hydrogens (tertiary/aromatic N) is 2. The number of benzene rings is 1. The molecule has 8 nitrogen and oxygen atoms in total. The molecule has 2 aromatic heterocycles. The zero-order valence-corrected chi connectivity index (χ0v) is 15.3. The van der Waals surface area contributed by atoms with Gasteiger partial charge in [0, 0.05) is 30.1 Å². The summed E-state index contributed by atoms with van der Waals surface area (Å²) in [6.45, 7) is 0.403. The molecule has 1 aromatic carbocycles. The lowest BCUT2D eigenvalue weighted by Gasteiger charge is -2.06. The Balaban J connectivity index is 1.21. The Bertz CT molecular complexity index is 943. The van der Waals surface area contributed by atoms with Crippen molar-refractivity contribution in [2.24, 2.45) is 0 Å². The smallest absolute Gasteiger partial charge is 0.286 e. The van der Waals surface area contributed by atoms with E-state index in [4.69, 9.17) is 4.42 Å². The van der Waals surface area contributed by atoms with E-state index in [9.17, 15) is 9.59 Å². The highest BCUT2D eigenvalue weighted by Gasteiger charge is 2.27. The summed E-state index contributed by atoms with van der Waals surface area (Å²) in [5.74, 6) is 2.04. The van der Waals surface area contributed by atoms with Gasteiger partial charge in [-0.25, -0.2) is 4.98 Å². The molecule has 1 aliphatic carbocycles. The van der Waals surface area contributed by atoms with Crippen LogP contribution in [0, 0.1) is 0 Å². The maximum absolute atomic E-state index is 12.1. The summed E-state index contributed by atoms with van der Waals surface area (Å²) in [5, 5.41) is 12.8. The fraction of sp³-hybridized carbons (Fsp3) is 0.300. The van der Waals surface area contributed by atoms with E-state index in [1.54, 1.807) is 12.1 Å². The summed E-state index contributed by atoms with van der Waals surface area (Å²) in [6, 6.07) is 10.7. The van der Waals surface area contributed by atoms with Gasteiger partial charge in [0.25, 0.3) is 5.91 Å². The molecule has 2 amide bonds. The number of nitrogens with one attached hydrogen (secondary N) is 3. The SMILES string of the molecule is O=C(CCCNC(=O)c1ccco1)Nc1ccc(-c2n[nH]c(C3CC3)n2)cc1. The minimum Gasteiger partial charge on any atom is -0.459 e. The fourth-order valence-corrected chi connectivity index (χ4v) is 2.81. The van der Waals surface area contributed by atoms with Crippen LogP contribution < -0.4 is 10.6 Å². The van der Waals surface area contributed by atoms with Gasteiger partial charge in [-0.3, -0.25) is 14.7 Å². The zero-order valence-electron chi connectivity index (χ0n) is 15.3. The highest BCUT2D eigenvalue weighted by atomic mass is 16.3. The number of hydrogen-bond acceptors (Lipinski definition) is 5. The van der Waals surface area contributed by atoms with Crippen molar-refractivity contribution in [2.45, 2.75) is 31.6 Å². The van der Waals surface area contributed by atoms with Crippen LogP contribution in [0.25, 0.3) is 11.4 Å². The molecule has 0 unspecified atom stereocenters. The third kappa shape index (κ3) is 4.46. The second-order valence-electron chi connectivity index (χ2n) is 6.78. The molecule has 0 aliphatic heterocycles. The highest BCUT2D eigenvalue weighted by molar-refractivity contribution is 5.92. The van der Waals surface area contributed by atoms with Gasteiger partial charge < -0.3 is 15.1 Å². The van der Waals surface area contributed by atoms with Gasteiger partial charge in [0.05, 0.1) is 6.26 Å². The maximum atomic E-state index is 12.1. The molecule has 4 rings (SSSR count). The van der Waals surface area contributed by atoms with Gasteiger partial charge in [0.2, 0.25) is 5.91 Å². The van der Waals surface area contributed by atoms with Crippen LogP contribution in [0.5, 0.6) is 0 Å². The summed E-state index contributed by atoms with van der Waals surface area (Å²) in [6.07, 6.45) is 4.64. The summed E-state index contributed by atoms with van der Waals surface area (Å²) >= 11 is 0. The molecule has 2 heterocycles. The van der Waals surface area contributed by atoms with Crippen molar-refractivity contribution >= 4 is 17.5 Å². The predicted octanol–water partition coefficient (Wildman–Crippen LogP) is 3.09. The number of carbonyl (C=O) groups excluding carboxylic acids is 2. The third-order valence-electron chi connectivity index (χ3n) is 4.50. The Morgan fingerprint density at radius 2 is 2.00 bits per heavy atom. The highest BCUT2D eigenvalue weighted by Crippen LogP contribution is 2.38. The summed E-state index contributed by atoms with van der Waals surface area (Å²) < 4.78 is 5.01. The minimum atomic E-state index is -0.280. The molecule has 0 saturated heterocycles. The number of amides is 2. The van der Waals surface area contributed by atoms with Crippen molar-refractivity contribution in [3.63, 3.8) is 0 Å². The van der Waals surface area contributed by atoms with E-state index < -0.39 is 0 Å². The lowest BCUT2D eigenvalue weighted by molar-refractivity contribution is -0.116. The monoisotopic (exact) mass is 379 g/mol. The van der Waals surface area contributed by atoms with Crippen molar-refractivity contribution in [3.8, 4) is 11.4 Å². The summed E-state index contributed by atoms with van der Waals surface area (Å²) in [4.78, 5) is 28.3. The number of aromatic amines is 1. The van der Waals surface area contributed by atoms with Gasteiger partial charge in [-0.15, -0.1) is 0 Å². The fourth-order valence-electron chi connectivity index (χ4n) is 2.81. The molecule has 28 heavy (non-hydrogen) atoms. The first kappa shape index (κ1) is 18.0. The van der Waals surface area contributed by atoms with Gasteiger partial charge in [0.1, 0.15) is 5.82 Å². The van der Waals surface area contributed by atoms with Crippen molar-refractivity contribution in [2.75, 3.05) is 11.9 Å². The lowest BCUT2D eigenvalue weighted by Crippen LogP contribution is -2.25. The second-order valence-corrected chi connectivity index (χ2v) is 6.78. The predicted molar refractivity (Wildman–Crippen MR) is 103 cm³/mol. The molecule has 8 heteroatoms. The average Bonchev–Trinajstić information content (AvgIpc) is 3.20. The maximum Gasteiger partial charge on any atom is 0.286 e. The number of H-pyrrole nitrogens is 1. The van der Waals surface area contributed by atoms with E-state index >= 15 is 0 Å². The van der Waals surface area contributed by atoms with Crippen LogP contribution in [0.15, 0.2) is 47.1 Å². The van der Waals surface area contributed by atoms with E-state index in [1.165, 1.54) is 19.1 Å². The largest absolute Gasteiger partial charge is 0.459 e. The van der Waals surface area contributed by atoms with Crippen molar-refractivity contribution < 1.29 is 14.0 Å². The summed E-state index contributed by atoms with van der Waals surface area (Å²) in [7, 11) is 0. The Labute approximate surface area is 161 Å². The number of aromatic nitrogens is 3. The first-order chi connectivity index (χ1) is 13.7. The van der Waals surface area contributed by atoms with E-state index in [0.29, 0.717) is 36.8 Å². The van der Waals surface area contributed by atoms with Crippen LogP contribution in [-0.2, 0) is 4.79 Å². The lowest BCUT2D eigenvalue weighted by atomic mass is 10.2. The molecule has 1 aliphatic rings. The number of rotatable bonds is 8. The van der Waals surface area contributed by atoms with E-state index in [-0.39, 0.29) is 17.6 Å². The zero-order chi connectivity index (χ0) is 19.3. The van der Waals surface area contributed by atoms with Crippen LogP contribution >= 0.6 is 0 Å². The first-order valence-electron chi connectivity index (χ1n) is 9.33. The Morgan fingerprint density at radius 1 is 1.18 bits per heavy atom. The Kier molecular flexibility index (Phi) is 5.18. The molecule has 0 bridgehead atoms. The van der Waals surface area contributed by atoms with Gasteiger partial charge in [-0.2, -0.15) is 5.10 Å². The molecule has 0 spiro atoms. The molecule has 0 radical (unpaired) electrons. The van der Waals surface area contributed by atoms with Crippen molar-refractivity contribution in [1.29, 1.82) is 0 Å². The normalized spacial score (nSPS) is 13.3. The van der Waals surface area contributed by atoms with Crippen LogP contribution in [0.4, 0.5) is 5.69 Å². The molecule has 1 fully saturated rings. The van der Waals surface area contributed by atoms with Gasteiger partial charge in [-0.1, -0.05) is 0 Å². The number of furan rings is 1. The molecular weight excluding hydrogens is 358 g/mol. The van der Waals surface area contributed by atoms with Crippen molar-refractivity contribution in [1.82, 2.24) is 20.5 Å². The number of anilines is 1. The van der Waals surface area contributed by atoms with Crippen LogP contribution in [0.2, 0.25) is 0 Å².